The molecule has 5 nitrogen and oxygen atoms in total. The maximum atomic E-state index is 11.3. The maximum absolute atomic E-state index is 11.3. The van der Waals surface area contributed by atoms with E-state index < -0.39 is 12.2 Å². The fourth-order valence-electron chi connectivity index (χ4n) is 2.15. The summed E-state index contributed by atoms with van der Waals surface area (Å²) in [5.74, 6) is 0.761. The van der Waals surface area contributed by atoms with Gasteiger partial charge in [0.2, 0.25) is 12.2 Å². The molecule has 0 saturated heterocycles. The molecular formula is C19H21NO4. The molecular weight excluding hydrogens is 306 g/mol. The van der Waals surface area contributed by atoms with E-state index in [9.17, 15) is 9.59 Å². The number of ether oxygens (including phenoxy) is 2. The minimum Gasteiger partial charge on any atom is -0.455 e. The van der Waals surface area contributed by atoms with Gasteiger partial charge in [0, 0.05) is 17.5 Å². The Morgan fingerprint density at radius 1 is 0.917 bits per heavy atom. The van der Waals surface area contributed by atoms with Crippen molar-refractivity contribution >= 4 is 11.7 Å². The summed E-state index contributed by atoms with van der Waals surface area (Å²) in [4.78, 5) is 22.4. The van der Waals surface area contributed by atoms with E-state index in [0.29, 0.717) is 29.0 Å². The van der Waals surface area contributed by atoms with E-state index in [2.05, 4.69) is 0 Å². The molecule has 0 heterocycles. The van der Waals surface area contributed by atoms with Gasteiger partial charge in [-0.2, -0.15) is 0 Å². The van der Waals surface area contributed by atoms with Gasteiger partial charge < -0.3 is 15.2 Å². The number of hydrogen-bond donors (Lipinski definition) is 1. The van der Waals surface area contributed by atoms with Crippen LogP contribution >= 0.6 is 0 Å². The van der Waals surface area contributed by atoms with Crippen LogP contribution in [0.1, 0.15) is 47.4 Å². The van der Waals surface area contributed by atoms with Crippen molar-refractivity contribution in [2.45, 2.75) is 33.0 Å². The molecule has 126 valence electrons. The predicted octanol–water partition coefficient (Wildman–Crippen LogP) is 3.57. The van der Waals surface area contributed by atoms with Crippen molar-refractivity contribution < 1.29 is 19.1 Å². The van der Waals surface area contributed by atoms with E-state index in [-0.39, 0.29) is 5.78 Å². The van der Waals surface area contributed by atoms with Crippen LogP contribution < -0.4 is 15.2 Å². The Morgan fingerprint density at radius 3 is 1.75 bits per heavy atom. The van der Waals surface area contributed by atoms with Crippen LogP contribution in [0.15, 0.2) is 48.5 Å². The van der Waals surface area contributed by atoms with E-state index in [4.69, 9.17) is 15.2 Å². The Hall–Kier alpha value is -2.82. The first-order valence-corrected chi connectivity index (χ1v) is 7.83. The third kappa shape index (κ3) is 4.84. The Bertz CT molecular complexity index is 633. The second kappa shape index (κ2) is 8.15. The van der Waals surface area contributed by atoms with Gasteiger partial charge in [0.15, 0.2) is 5.78 Å². The molecule has 24 heavy (non-hydrogen) atoms. The van der Waals surface area contributed by atoms with Gasteiger partial charge in [-0.3, -0.25) is 9.59 Å². The van der Waals surface area contributed by atoms with Crippen LogP contribution in [0.3, 0.4) is 0 Å². The molecule has 0 aliphatic carbocycles. The lowest BCUT2D eigenvalue weighted by Crippen LogP contribution is -2.23. The van der Waals surface area contributed by atoms with Crippen molar-refractivity contribution in [3.05, 3.63) is 59.7 Å². The number of amides is 1. The van der Waals surface area contributed by atoms with Gasteiger partial charge in [0.05, 0.1) is 0 Å². The Morgan fingerprint density at radius 2 is 1.38 bits per heavy atom. The standard InChI is InChI=1S/C19H21NO4/c1-3-4-18(23-16-9-5-14(6-10-16)13(2)21)24-17-11-7-15(8-12-17)19(20)22/h5-12,18H,3-4H2,1-2H3,(H2,20,22). The first kappa shape index (κ1) is 17.5. The molecule has 0 saturated carbocycles. The summed E-state index contributed by atoms with van der Waals surface area (Å²) in [6, 6.07) is 13.5. The highest BCUT2D eigenvalue weighted by Crippen LogP contribution is 2.20. The van der Waals surface area contributed by atoms with Crippen molar-refractivity contribution in [2.75, 3.05) is 0 Å². The summed E-state index contributed by atoms with van der Waals surface area (Å²) in [5.41, 5.74) is 6.28. The number of nitrogens with two attached hydrogens (primary N) is 1. The smallest absolute Gasteiger partial charge is 0.248 e. The summed E-state index contributed by atoms with van der Waals surface area (Å²) in [5, 5.41) is 0. The van der Waals surface area contributed by atoms with Gasteiger partial charge in [-0.1, -0.05) is 6.92 Å². The SMILES string of the molecule is CCCC(Oc1ccc(C(C)=O)cc1)Oc1ccc(C(N)=O)cc1. The molecule has 0 fully saturated rings. The molecule has 1 amide bonds. The Kier molecular flexibility index (Phi) is 5.95. The van der Waals surface area contributed by atoms with Crippen LogP contribution in [0.25, 0.3) is 0 Å². The fraction of sp³-hybridized carbons (Fsp3) is 0.263. The number of benzene rings is 2. The van der Waals surface area contributed by atoms with Crippen LogP contribution in [0.4, 0.5) is 0 Å². The van der Waals surface area contributed by atoms with E-state index >= 15 is 0 Å². The quantitative estimate of drug-likeness (QED) is 0.594. The number of ketones is 1. The molecule has 0 spiro atoms. The molecule has 2 N–H and O–H groups in total. The fourth-order valence-corrected chi connectivity index (χ4v) is 2.15. The third-order valence-corrected chi connectivity index (χ3v) is 3.46. The number of carbonyl (C=O) groups excluding carboxylic acids is 2. The van der Waals surface area contributed by atoms with Gasteiger partial charge in [-0.15, -0.1) is 0 Å². The Labute approximate surface area is 141 Å². The maximum Gasteiger partial charge on any atom is 0.248 e. The molecule has 2 rings (SSSR count). The van der Waals surface area contributed by atoms with Crippen molar-refractivity contribution in [1.29, 1.82) is 0 Å². The van der Waals surface area contributed by atoms with Gasteiger partial charge in [0.25, 0.3) is 0 Å². The number of hydrogen-bond acceptors (Lipinski definition) is 4. The van der Waals surface area contributed by atoms with Gasteiger partial charge in [-0.05, 0) is 61.9 Å². The highest BCUT2D eigenvalue weighted by atomic mass is 16.7. The van der Waals surface area contributed by atoms with Crippen molar-refractivity contribution in [3.63, 3.8) is 0 Å². The topological polar surface area (TPSA) is 78.6 Å². The lowest BCUT2D eigenvalue weighted by Gasteiger charge is -2.20. The van der Waals surface area contributed by atoms with E-state index in [1.165, 1.54) is 6.92 Å². The van der Waals surface area contributed by atoms with E-state index in [0.717, 1.165) is 6.42 Å². The highest BCUT2D eigenvalue weighted by Gasteiger charge is 2.12. The largest absolute Gasteiger partial charge is 0.455 e. The predicted molar refractivity (Wildman–Crippen MR) is 91.4 cm³/mol. The lowest BCUT2D eigenvalue weighted by atomic mass is 10.1. The zero-order valence-corrected chi connectivity index (χ0v) is 13.8. The summed E-state index contributed by atoms with van der Waals surface area (Å²) in [7, 11) is 0. The monoisotopic (exact) mass is 327 g/mol. The summed E-state index contributed by atoms with van der Waals surface area (Å²) in [6.07, 6.45) is 1.12. The molecule has 1 unspecified atom stereocenters. The molecule has 0 aliphatic heterocycles. The molecule has 0 aromatic heterocycles. The second-order valence-electron chi connectivity index (χ2n) is 5.42. The van der Waals surface area contributed by atoms with E-state index in [1.807, 2.05) is 6.92 Å². The van der Waals surface area contributed by atoms with Crippen LogP contribution in [-0.2, 0) is 0 Å². The zero-order chi connectivity index (χ0) is 17.5. The summed E-state index contributed by atoms with van der Waals surface area (Å²) >= 11 is 0. The first-order valence-electron chi connectivity index (χ1n) is 7.83. The number of carbonyl (C=O) groups is 2. The van der Waals surface area contributed by atoms with Crippen molar-refractivity contribution in [1.82, 2.24) is 0 Å². The minimum atomic E-state index is -0.478. The lowest BCUT2D eigenvalue weighted by molar-refractivity contribution is -0.00104. The van der Waals surface area contributed by atoms with Gasteiger partial charge >= 0.3 is 0 Å². The summed E-state index contributed by atoms with van der Waals surface area (Å²) < 4.78 is 11.7. The first-order chi connectivity index (χ1) is 11.5. The van der Waals surface area contributed by atoms with Crippen molar-refractivity contribution in [2.24, 2.45) is 5.73 Å². The molecule has 1 atom stereocenters. The highest BCUT2D eigenvalue weighted by molar-refractivity contribution is 5.94. The second-order valence-corrected chi connectivity index (χ2v) is 5.42. The zero-order valence-electron chi connectivity index (χ0n) is 13.8. The van der Waals surface area contributed by atoms with Gasteiger partial charge in [0.1, 0.15) is 11.5 Å². The van der Waals surface area contributed by atoms with Crippen LogP contribution in [0.5, 0.6) is 11.5 Å². The number of primary amides is 1. The average Bonchev–Trinajstić information content (AvgIpc) is 2.56. The molecule has 0 aliphatic rings. The van der Waals surface area contributed by atoms with Gasteiger partial charge in [-0.25, -0.2) is 0 Å². The normalized spacial score (nSPS) is 11.6. The van der Waals surface area contributed by atoms with Crippen LogP contribution in [0.2, 0.25) is 0 Å². The molecule has 0 radical (unpaired) electrons. The third-order valence-electron chi connectivity index (χ3n) is 3.46. The Balaban J connectivity index is 2.05. The molecule has 2 aromatic rings. The van der Waals surface area contributed by atoms with Crippen molar-refractivity contribution in [3.8, 4) is 11.5 Å². The molecule has 5 heteroatoms. The van der Waals surface area contributed by atoms with Crippen LogP contribution in [0, 0.1) is 0 Å². The van der Waals surface area contributed by atoms with E-state index in [1.54, 1.807) is 48.5 Å². The van der Waals surface area contributed by atoms with Crippen LogP contribution in [-0.4, -0.2) is 18.0 Å². The molecule has 0 bridgehead atoms. The minimum absolute atomic E-state index is 0.0115. The molecule has 2 aromatic carbocycles. The average molecular weight is 327 g/mol. The number of rotatable bonds is 8. The summed E-state index contributed by atoms with van der Waals surface area (Å²) in [6.45, 7) is 3.56. The number of Topliss-reactive ketones (excluding diaryl/α,β-unsaturated/α-hetero) is 1.